The number of alkyl halides is 6. The molecular formula is C26H26F6N6O. The van der Waals surface area contributed by atoms with Crippen LogP contribution in [0.3, 0.4) is 0 Å². The summed E-state index contributed by atoms with van der Waals surface area (Å²) in [6.45, 7) is 2.61. The Morgan fingerprint density at radius 3 is 2.31 bits per heavy atom. The standard InChI is InChI=1S/C26H26F6N6O/c1-36-8-10-37(11-9-36)20-14-18(25(27,28)29)13-19(15-20)34-24-33-16-21(26(30,31)32)23(35-24)38-22(7-12-39-38)17-5-3-2-4-6-17/h2-6,13-16,22H,7-12H2,1H3,(H,33,34,35)/t22-/m0/s1. The van der Waals surface area contributed by atoms with Crippen LogP contribution >= 0.6 is 0 Å². The Hall–Kier alpha value is -3.58. The lowest BCUT2D eigenvalue weighted by Crippen LogP contribution is -2.44. The number of hydrogen-bond donors (Lipinski definition) is 1. The maximum Gasteiger partial charge on any atom is 0.421 e. The molecule has 2 aromatic carbocycles. The molecule has 0 spiro atoms. The Kier molecular flexibility index (Phi) is 7.29. The molecule has 0 amide bonds. The van der Waals surface area contributed by atoms with Crippen LogP contribution in [0.25, 0.3) is 0 Å². The molecule has 2 aliphatic rings. The highest BCUT2D eigenvalue weighted by Gasteiger charge is 2.41. The van der Waals surface area contributed by atoms with Gasteiger partial charge in [0.1, 0.15) is 5.56 Å². The van der Waals surface area contributed by atoms with Gasteiger partial charge in [-0.15, -0.1) is 0 Å². The van der Waals surface area contributed by atoms with E-state index in [1.807, 2.05) is 11.9 Å². The largest absolute Gasteiger partial charge is 0.421 e. The van der Waals surface area contributed by atoms with Gasteiger partial charge in [-0.2, -0.15) is 31.3 Å². The first-order chi connectivity index (χ1) is 18.5. The molecule has 2 fully saturated rings. The van der Waals surface area contributed by atoms with E-state index in [0.717, 1.165) is 22.8 Å². The smallest absolute Gasteiger partial charge is 0.369 e. The normalized spacial score (nSPS) is 19.0. The summed E-state index contributed by atoms with van der Waals surface area (Å²) in [5.41, 5.74) is -0.907. The van der Waals surface area contributed by atoms with Gasteiger partial charge in [0.2, 0.25) is 5.95 Å². The lowest BCUT2D eigenvalue weighted by molar-refractivity contribution is -0.138. The van der Waals surface area contributed by atoms with Crippen molar-refractivity contribution >= 4 is 23.1 Å². The molecule has 39 heavy (non-hydrogen) atoms. The van der Waals surface area contributed by atoms with Crippen LogP contribution < -0.4 is 15.3 Å². The van der Waals surface area contributed by atoms with Crippen molar-refractivity contribution < 1.29 is 31.2 Å². The number of benzene rings is 2. The maximum absolute atomic E-state index is 13.9. The zero-order valence-electron chi connectivity index (χ0n) is 20.9. The van der Waals surface area contributed by atoms with E-state index in [1.54, 1.807) is 30.3 Å². The number of hydrogen-bond acceptors (Lipinski definition) is 7. The first-order valence-corrected chi connectivity index (χ1v) is 12.3. The van der Waals surface area contributed by atoms with Crippen LogP contribution in [0.1, 0.15) is 29.2 Å². The van der Waals surface area contributed by atoms with E-state index < -0.39 is 35.3 Å². The third-order valence-corrected chi connectivity index (χ3v) is 6.74. The minimum Gasteiger partial charge on any atom is -0.369 e. The van der Waals surface area contributed by atoms with Crippen molar-refractivity contribution in [2.24, 2.45) is 0 Å². The van der Waals surface area contributed by atoms with Gasteiger partial charge in [0, 0.05) is 50.2 Å². The van der Waals surface area contributed by atoms with Crippen LogP contribution in [-0.2, 0) is 17.2 Å². The average Bonchev–Trinajstić information content (AvgIpc) is 3.38. The summed E-state index contributed by atoms with van der Waals surface area (Å²) in [5, 5.41) is 3.80. The predicted octanol–water partition coefficient (Wildman–Crippen LogP) is 5.89. The summed E-state index contributed by atoms with van der Waals surface area (Å²) >= 11 is 0. The average molecular weight is 553 g/mol. The predicted molar refractivity (Wildman–Crippen MR) is 134 cm³/mol. The van der Waals surface area contributed by atoms with Gasteiger partial charge < -0.3 is 15.1 Å². The first kappa shape index (κ1) is 27.0. The molecular weight excluding hydrogens is 526 g/mol. The van der Waals surface area contributed by atoms with E-state index in [-0.39, 0.29) is 18.2 Å². The van der Waals surface area contributed by atoms with Crippen LogP contribution in [0.5, 0.6) is 0 Å². The van der Waals surface area contributed by atoms with Crippen molar-refractivity contribution in [2.75, 3.05) is 55.1 Å². The molecule has 0 unspecified atom stereocenters. The van der Waals surface area contributed by atoms with E-state index >= 15 is 0 Å². The van der Waals surface area contributed by atoms with Gasteiger partial charge in [-0.1, -0.05) is 30.3 Å². The van der Waals surface area contributed by atoms with Crippen molar-refractivity contribution in [1.29, 1.82) is 0 Å². The Morgan fingerprint density at radius 1 is 0.923 bits per heavy atom. The third kappa shape index (κ3) is 6.04. The van der Waals surface area contributed by atoms with Gasteiger partial charge in [0.15, 0.2) is 5.82 Å². The summed E-state index contributed by atoms with van der Waals surface area (Å²) < 4.78 is 83.0. The van der Waals surface area contributed by atoms with Gasteiger partial charge in [0.25, 0.3) is 0 Å². The molecule has 13 heteroatoms. The van der Waals surface area contributed by atoms with E-state index in [9.17, 15) is 26.3 Å². The van der Waals surface area contributed by atoms with Gasteiger partial charge in [-0.05, 0) is 30.8 Å². The Morgan fingerprint density at radius 2 is 1.64 bits per heavy atom. The molecule has 208 valence electrons. The molecule has 2 saturated heterocycles. The SMILES string of the molecule is CN1CCN(c2cc(Nc3ncc(C(F)(F)F)c(N4OCC[C@H]4c4ccccc4)n3)cc(C(F)(F)F)c2)CC1. The lowest BCUT2D eigenvalue weighted by atomic mass is 10.0. The number of aromatic nitrogens is 2. The van der Waals surface area contributed by atoms with Gasteiger partial charge >= 0.3 is 12.4 Å². The number of likely N-dealkylation sites (N-methyl/N-ethyl adjacent to an activating group) is 1. The molecule has 2 aliphatic heterocycles. The van der Waals surface area contributed by atoms with Crippen molar-refractivity contribution in [1.82, 2.24) is 14.9 Å². The Labute approximate surface area is 221 Å². The number of nitrogens with one attached hydrogen (secondary N) is 1. The molecule has 1 N–H and O–H groups in total. The second kappa shape index (κ2) is 10.5. The molecule has 0 bridgehead atoms. The Balaban J connectivity index is 1.51. The second-order valence-electron chi connectivity index (χ2n) is 9.48. The van der Waals surface area contributed by atoms with Gasteiger partial charge in [-0.3, -0.25) is 4.84 Å². The molecule has 1 aromatic heterocycles. The van der Waals surface area contributed by atoms with Crippen molar-refractivity contribution in [2.45, 2.75) is 24.8 Å². The monoisotopic (exact) mass is 552 g/mol. The summed E-state index contributed by atoms with van der Waals surface area (Å²) in [7, 11) is 1.93. The van der Waals surface area contributed by atoms with E-state index in [0.29, 0.717) is 44.5 Å². The number of rotatable bonds is 5. The molecule has 1 atom stereocenters. The fourth-order valence-corrected chi connectivity index (χ4v) is 4.68. The van der Waals surface area contributed by atoms with E-state index in [4.69, 9.17) is 4.84 Å². The highest BCUT2D eigenvalue weighted by molar-refractivity contribution is 5.65. The van der Waals surface area contributed by atoms with E-state index in [1.165, 1.54) is 6.07 Å². The van der Waals surface area contributed by atoms with Crippen molar-refractivity contribution in [3.8, 4) is 0 Å². The molecule has 0 radical (unpaired) electrons. The number of hydroxylamine groups is 1. The van der Waals surface area contributed by atoms with Gasteiger partial charge in [0.05, 0.1) is 18.2 Å². The van der Waals surface area contributed by atoms with Crippen molar-refractivity contribution in [3.63, 3.8) is 0 Å². The fraction of sp³-hybridized carbons (Fsp3) is 0.385. The minimum absolute atomic E-state index is 0.00594. The topological polar surface area (TPSA) is 56.8 Å². The molecule has 0 aliphatic carbocycles. The zero-order chi connectivity index (χ0) is 27.8. The van der Waals surface area contributed by atoms with Crippen LogP contribution in [0.4, 0.5) is 49.5 Å². The summed E-state index contributed by atoms with van der Waals surface area (Å²) in [6, 6.07) is 11.8. The van der Waals surface area contributed by atoms with Crippen LogP contribution in [0.2, 0.25) is 0 Å². The third-order valence-electron chi connectivity index (χ3n) is 6.74. The Bertz CT molecular complexity index is 1290. The molecule has 5 rings (SSSR count). The second-order valence-corrected chi connectivity index (χ2v) is 9.48. The summed E-state index contributed by atoms with van der Waals surface area (Å²) in [6.07, 6.45) is -8.37. The highest BCUT2D eigenvalue weighted by atomic mass is 19.4. The minimum atomic E-state index is -4.79. The first-order valence-electron chi connectivity index (χ1n) is 12.3. The van der Waals surface area contributed by atoms with Crippen LogP contribution in [0, 0.1) is 0 Å². The summed E-state index contributed by atoms with van der Waals surface area (Å²) in [4.78, 5) is 17.4. The van der Waals surface area contributed by atoms with Crippen molar-refractivity contribution in [3.05, 3.63) is 71.4 Å². The number of piperazine rings is 1. The van der Waals surface area contributed by atoms with Crippen LogP contribution in [0.15, 0.2) is 54.7 Å². The maximum atomic E-state index is 13.9. The molecule has 3 heterocycles. The fourth-order valence-electron chi connectivity index (χ4n) is 4.68. The zero-order valence-corrected chi connectivity index (χ0v) is 20.9. The van der Waals surface area contributed by atoms with Gasteiger partial charge in [-0.25, -0.2) is 10.0 Å². The number of nitrogens with zero attached hydrogens (tertiary/aromatic N) is 5. The number of halogens is 6. The molecule has 0 saturated carbocycles. The van der Waals surface area contributed by atoms with E-state index in [2.05, 4.69) is 20.2 Å². The van der Waals surface area contributed by atoms with Crippen LogP contribution in [-0.4, -0.2) is 54.7 Å². The number of anilines is 4. The molecule has 3 aromatic rings. The molecule has 7 nitrogen and oxygen atoms in total. The quantitative estimate of drug-likeness (QED) is 0.396. The lowest BCUT2D eigenvalue weighted by Gasteiger charge is -2.34. The summed E-state index contributed by atoms with van der Waals surface area (Å²) in [5.74, 6) is -0.804. The highest BCUT2D eigenvalue weighted by Crippen LogP contribution is 2.42.